The van der Waals surface area contributed by atoms with Crippen LogP contribution in [0.25, 0.3) is 0 Å². The average Bonchev–Trinajstić information content (AvgIpc) is 3.18. The van der Waals surface area contributed by atoms with Gasteiger partial charge in [-0.25, -0.2) is 0 Å². The lowest BCUT2D eigenvalue weighted by Crippen LogP contribution is -2.30. The summed E-state index contributed by atoms with van der Waals surface area (Å²) in [5.74, 6) is 1.37. The van der Waals surface area contributed by atoms with Gasteiger partial charge in [0.05, 0.1) is 6.61 Å². The van der Waals surface area contributed by atoms with E-state index in [-0.39, 0.29) is 0 Å². The molecule has 1 aromatic carbocycles. The van der Waals surface area contributed by atoms with Crippen molar-refractivity contribution in [3.63, 3.8) is 0 Å². The standard InChI is InChI=1S/C14H20N2O/c1-16(9-10-17-11-12-7-8-12)14(15)13-5-3-2-4-6-13/h2-6,12,15H,7-11H2,1H3. The minimum Gasteiger partial charge on any atom is -0.379 e. The number of amidine groups is 1. The molecule has 0 aromatic heterocycles. The van der Waals surface area contributed by atoms with E-state index in [1.54, 1.807) is 0 Å². The lowest BCUT2D eigenvalue weighted by atomic mass is 10.2. The fourth-order valence-corrected chi connectivity index (χ4v) is 1.66. The molecule has 0 unspecified atom stereocenters. The maximum Gasteiger partial charge on any atom is 0.127 e. The van der Waals surface area contributed by atoms with E-state index in [0.29, 0.717) is 12.4 Å². The molecule has 1 fully saturated rings. The van der Waals surface area contributed by atoms with Crippen LogP contribution in [0.5, 0.6) is 0 Å². The van der Waals surface area contributed by atoms with Gasteiger partial charge in [0.25, 0.3) is 0 Å². The van der Waals surface area contributed by atoms with E-state index < -0.39 is 0 Å². The number of benzene rings is 1. The second-order valence-electron chi connectivity index (χ2n) is 4.65. The topological polar surface area (TPSA) is 36.3 Å². The van der Waals surface area contributed by atoms with Crippen molar-refractivity contribution in [3.05, 3.63) is 35.9 Å². The second-order valence-corrected chi connectivity index (χ2v) is 4.65. The molecule has 17 heavy (non-hydrogen) atoms. The lowest BCUT2D eigenvalue weighted by molar-refractivity contribution is 0.115. The summed E-state index contributed by atoms with van der Waals surface area (Å²) in [5.41, 5.74) is 0.956. The first-order chi connectivity index (χ1) is 8.27. The summed E-state index contributed by atoms with van der Waals surface area (Å²) in [6, 6.07) is 9.81. The molecule has 92 valence electrons. The first-order valence-electron chi connectivity index (χ1n) is 6.20. The van der Waals surface area contributed by atoms with Crippen molar-refractivity contribution < 1.29 is 4.74 Å². The van der Waals surface area contributed by atoms with E-state index in [0.717, 1.165) is 24.6 Å². The summed E-state index contributed by atoms with van der Waals surface area (Å²) in [6.07, 6.45) is 2.66. The molecule has 1 N–H and O–H groups in total. The second kappa shape index (κ2) is 5.82. The molecule has 3 nitrogen and oxygen atoms in total. The Morgan fingerprint density at radius 2 is 2.06 bits per heavy atom. The van der Waals surface area contributed by atoms with E-state index in [4.69, 9.17) is 10.1 Å². The van der Waals surface area contributed by atoms with E-state index in [2.05, 4.69) is 0 Å². The molecule has 0 spiro atoms. The van der Waals surface area contributed by atoms with E-state index in [1.807, 2.05) is 42.3 Å². The quantitative estimate of drug-likeness (QED) is 0.464. The zero-order valence-corrected chi connectivity index (χ0v) is 10.4. The average molecular weight is 232 g/mol. The molecule has 3 heteroatoms. The highest BCUT2D eigenvalue weighted by molar-refractivity contribution is 5.96. The molecule has 2 rings (SSSR count). The minimum atomic E-state index is 0.556. The van der Waals surface area contributed by atoms with Gasteiger partial charge in [0.15, 0.2) is 0 Å². The van der Waals surface area contributed by atoms with Crippen LogP contribution in [0.1, 0.15) is 18.4 Å². The lowest BCUT2D eigenvalue weighted by Gasteiger charge is -2.20. The Hall–Kier alpha value is -1.35. The molecule has 0 heterocycles. The van der Waals surface area contributed by atoms with Crippen molar-refractivity contribution in [1.29, 1.82) is 5.41 Å². The summed E-state index contributed by atoms with van der Waals surface area (Å²) in [6.45, 7) is 2.38. The number of nitrogens with one attached hydrogen (secondary N) is 1. The van der Waals surface area contributed by atoms with Gasteiger partial charge in [0, 0.05) is 25.8 Å². The summed E-state index contributed by atoms with van der Waals surface area (Å²) in [7, 11) is 1.94. The fourth-order valence-electron chi connectivity index (χ4n) is 1.66. The zero-order chi connectivity index (χ0) is 12.1. The van der Waals surface area contributed by atoms with E-state index >= 15 is 0 Å². The molecule has 1 saturated carbocycles. The fraction of sp³-hybridized carbons (Fsp3) is 0.500. The molecule has 0 radical (unpaired) electrons. The van der Waals surface area contributed by atoms with Gasteiger partial charge in [-0.05, 0) is 18.8 Å². The zero-order valence-electron chi connectivity index (χ0n) is 10.4. The Kier molecular flexibility index (Phi) is 4.15. The normalized spacial score (nSPS) is 14.6. The molecule has 0 atom stereocenters. The Morgan fingerprint density at radius 1 is 1.35 bits per heavy atom. The summed E-state index contributed by atoms with van der Waals surface area (Å²) in [4.78, 5) is 1.93. The smallest absolute Gasteiger partial charge is 0.127 e. The maximum atomic E-state index is 8.04. The molecular weight excluding hydrogens is 212 g/mol. The Labute approximate surface area is 103 Å². The summed E-state index contributed by atoms with van der Waals surface area (Å²) < 4.78 is 5.58. The molecule has 0 aliphatic heterocycles. The maximum absolute atomic E-state index is 8.04. The van der Waals surface area contributed by atoms with Crippen LogP contribution < -0.4 is 0 Å². The number of nitrogens with zero attached hydrogens (tertiary/aromatic N) is 1. The first kappa shape index (κ1) is 12.1. The molecular formula is C14H20N2O. The molecule has 1 aliphatic carbocycles. The van der Waals surface area contributed by atoms with Crippen LogP contribution in [0.15, 0.2) is 30.3 Å². The number of likely N-dealkylation sites (N-methyl/N-ethyl adjacent to an activating group) is 1. The van der Waals surface area contributed by atoms with Crippen LogP contribution in [0, 0.1) is 11.3 Å². The van der Waals surface area contributed by atoms with Gasteiger partial charge in [0.1, 0.15) is 5.84 Å². The predicted octanol–water partition coefficient (Wildman–Crippen LogP) is 2.37. The highest BCUT2D eigenvalue weighted by Crippen LogP contribution is 2.28. The molecule has 1 aliphatic rings. The van der Waals surface area contributed by atoms with Gasteiger partial charge in [-0.3, -0.25) is 5.41 Å². The van der Waals surface area contributed by atoms with Gasteiger partial charge in [0.2, 0.25) is 0 Å². The Balaban J connectivity index is 1.71. The van der Waals surface area contributed by atoms with E-state index in [1.165, 1.54) is 12.8 Å². The van der Waals surface area contributed by atoms with Crippen molar-refractivity contribution >= 4 is 5.84 Å². The van der Waals surface area contributed by atoms with Crippen LogP contribution in [0.2, 0.25) is 0 Å². The molecule has 0 amide bonds. The highest BCUT2D eigenvalue weighted by Gasteiger charge is 2.21. The van der Waals surface area contributed by atoms with Crippen molar-refractivity contribution in [3.8, 4) is 0 Å². The molecule has 0 bridgehead atoms. The summed E-state index contributed by atoms with van der Waals surface area (Å²) in [5, 5.41) is 8.04. The van der Waals surface area contributed by atoms with Crippen LogP contribution in [0.3, 0.4) is 0 Å². The minimum absolute atomic E-state index is 0.556. The van der Waals surface area contributed by atoms with Crippen LogP contribution >= 0.6 is 0 Å². The molecule has 1 aromatic rings. The number of hydrogen-bond acceptors (Lipinski definition) is 2. The van der Waals surface area contributed by atoms with Crippen molar-refractivity contribution in [1.82, 2.24) is 4.90 Å². The predicted molar refractivity (Wildman–Crippen MR) is 69.4 cm³/mol. The van der Waals surface area contributed by atoms with Gasteiger partial charge in [-0.1, -0.05) is 30.3 Å². The first-order valence-corrected chi connectivity index (χ1v) is 6.20. The third kappa shape index (κ3) is 3.86. The van der Waals surface area contributed by atoms with Crippen LogP contribution in [0.4, 0.5) is 0 Å². The van der Waals surface area contributed by atoms with Gasteiger partial charge < -0.3 is 9.64 Å². The number of hydrogen-bond donors (Lipinski definition) is 1. The molecule has 0 saturated heterocycles. The number of rotatable bonds is 6. The monoisotopic (exact) mass is 232 g/mol. The largest absolute Gasteiger partial charge is 0.379 e. The number of ether oxygens (including phenoxy) is 1. The van der Waals surface area contributed by atoms with Crippen molar-refractivity contribution in [2.24, 2.45) is 5.92 Å². The third-order valence-electron chi connectivity index (χ3n) is 3.05. The SMILES string of the molecule is CN(CCOCC1CC1)C(=N)c1ccccc1. The van der Waals surface area contributed by atoms with Gasteiger partial charge in [-0.2, -0.15) is 0 Å². The van der Waals surface area contributed by atoms with E-state index in [9.17, 15) is 0 Å². The Bertz CT molecular complexity index is 360. The Morgan fingerprint density at radius 3 is 2.71 bits per heavy atom. The van der Waals surface area contributed by atoms with Gasteiger partial charge in [-0.15, -0.1) is 0 Å². The van der Waals surface area contributed by atoms with Crippen LogP contribution in [-0.4, -0.2) is 37.5 Å². The van der Waals surface area contributed by atoms with Gasteiger partial charge >= 0.3 is 0 Å². The van der Waals surface area contributed by atoms with Crippen molar-refractivity contribution in [2.75, 3.05) is 26.8 Å². The van der Waals surface area contributed by atoms with Crippen molar-refractivity contribution in [2.45, 2.75) is 12.8 Å². The van der Waals surface area contributed by atoms with Crippen LogP contribution in [-0.2, 0) is 4.74 Å². The third-order valence-corrected chi connectivity index (χ3v) is 3.05. The summed E-state index contributed by atoms with van der Waals surface area (Å²) >= 11 is 0. The highest BCUT2D eigenvalue weighted by atomic mass is 16.5.